The summed E-state index contributed by atoms with van der Waals surface area (Å²) in [5.74, 6) is 1.19. The molecule has 0 radical (unpaired) electrons. The van der Waals surface area contributed by atoms with Gasteiger partial charge < -0.3 is 5.11 Å². The van der Waals surface area contributed by atoms with Gasteiger partial charge in [0.25, 0.3) is 0 Å². The topological polar surface area (TPSA) is 84.2 Å². The fourth-order valence-corrected chi connectivity index (χ4v) is 3.19. The van der Waals surface area contributed by atoms with E-state index in [1.54, 1.807) is 11.8 Å². The van der Waals surface area contributed by atoms with Crippen LogP contribution in [0.2, 0.25) is 0 Å². The number of aliphatic hydroxyl groups is 1. The average molecular weight is 293 g/mol. The number of thioether (sulfide) groups is 1. The third-order valence-electron chi connectivity index (χ3n) is 2.32. The summed E-state index contributed by atoms with van der Waals surface area (Å²) in [4.78, 5) is 0.132. The van der Waals surface area contributed by atoms with E-state index in [1.165, 1.54) is 17.1 Å². The van der Waals surface area contributed by atoms with E-state index in [2.05, 4.69) is 9.82 Å². The van der Waals surface area contributed by atoms with Crippen LogP contribution in [0.25, 0.3) is 0 Å². The minimum absolute atomic E-state index is 0.0701. The highest BCUT2D eigenvalue weighted by atomic mass is 32.2. The Labute approximate surface area is 112 Å². The molecular formula is C10H19N3O3S2. The fourth-order valence-electron chi connectivity index (χ4n) is 1.39. The van der Waals surface area contributed by atoms with Crippen molar-refractivity contribution in [2.45, 2.75) is 18.4 Å². The summed E-state index contributed by atoms with van der Waals surface area (Å²) in [6.45, 7) is 2.63. The van der Waals surface area contributed by atoms with Gasteiger partial charge in [0.05, 0.1) is 19.3 Å². The van der Waals surface area contributed by atoms with Crippen molar-refractivity contribution < 1.29 is 13.5 Å². The maximum atomic E-state index is 11.9. The van der Waals surface area contributed by atoms with E-state index < -0.39 is 10.0 Å². The number of rotatable bonds is 8. The zero-order chi connectivity index (χ0) is 13.6. The molecule has 104 valence electrons. The van der Waals surface area contributed by atoms with Crippen LogP contribution in [-0.4, -0.2) is 48.5 Å². The maximum Gasteiger partial charge on any atom is 0.243 e. The molecule has 1 heterocycles. The minimum Gasteiger partial charge on any atom is -0.394 e. The SMILES string of the molecule is CSCC(C)CNS(=O)(=O)c1cnn(CCO)c1. The van der Waals surface area contributed by atoms with Crippen molar-refractivity contribution in [3.63, 3.8) is 0 Å². The molecular weight excluding hydrogens is 274 g/mol. The number of aliphatic hydroxyl groups excluding tert-OH is 1. The Morgan fingerprint density at radius 2 is 2.33 bits per heavy atom. The summed E-state index contributed by atoms with van der Waals surface area (Å²) >= 11 is 1.69. The van der Waals surface area contributed by atoms with E-state index >= 15 is 0 Å². The standard InChI is InChI=1S/C10H19N3O3S2/c1-9(8-17-2)5-12-18(15,16)10-6-11-13(7-10)3-4-14/h6-7,9,12,14H,3-5,8H2,1-2H3. The van der Waals surface area contributed by atoms with E-state index in [1.807, 2.05) is 13.2 Å². The highest BCUT2D eigenvalue weighted by Gasteiger charge is 2.17. The summed E-state index contributed by atoms with van der Waals surface area (Å²) in [6, 6.07) is 0. The lowest BCUT2D eigenvalue weighted by molar-refractivity contribution is 0.269. The molecule has 0 aliphatic carbocycles. The summed E-state index contributed by atoms with van der Waals surface area (Å²) in [6.07, 6.45) is 4.69. The van der Waals surface area contributed by atoms with Crippen LogP contribution in [0.5, 0.6) is 0 Å². The van der Waals surface area contributed by atoms with Gasteiger partial charge in [-0.3, -0.25) is 4.68 Å². The van der Waals surface area contributed by atoms with Gasteiger partial charge in [0.15, 0.2) is 0 Å². The molecule has 0 saturated heterocycles. The first-order valence-electron chi connectivity index (χ1n) is 5.61. The van der Waals surface area contributed by atoms with E-state index in [0.717, 1.165) is 5.75 Å². The first kappa shape index (κ1) is 15.5. The Morgan fingerprint density at radius 3 is 2.94 bits per heavy atom. The van der Waals surface area contributed by atoms with Crippen molar-refractivity contribution in [3.8, 4) is 0 Å². The molecule has 0 fully saturated rings. The number of nitrogens with one attached hydrogen (secondary N) is 1. The molecule has 0 aliphatic rings. The molecule has 2 N–H and O–H groups in total. The van der Waals surface area contributed by atoms with Gasteiger partial charge in [-0.1, -0.05) is 6.92 Å². The van der Waals surface area contributed by atoms with Crippen molar-refractivity contribution in [2.75, 3.05) is 25.2 Å². The Hall–Kier alpha value is -0.570. The Morgan fingerprint density at radius 1 is 1.61 bits per heavy atom. The van der Waals surface area contributed by atoms with E-state index in [4.69, 9.17) is 5.11 Å². The number of hydrogen-bond acceptors (Lipinski definition) is 5. The third-order valence-corrected chi connectivity index (χ3v) is 4.60. The summed E-state index contributed by atoms with van der Waals surface area (Å²) < 4.78 is 27.8. The Kier molecular flexibility index (Phi) is 6.13. The van der Waals surface area contributed by atoms with Gasteiger partial charge in [-0.2, -0.15) is 16.9 Å². The summed E-state index contributed by atoms with van der Waals surface area (Å²) in [5, 5.41) is 12.6. The highest BCUT2D eigenvalue weighted by Crippen LogP contribution is 2.09. The second kappa shape index (κ2) is 7.13. The van der Waals surface area contributed by atoms with Gasteiger partial charge in [-0.25, -0.2) is 13.1 Å². The summed E-state index contributed by atoms with van der Waals surface area (Å²) in [7, 11) is -3.50. The first-order chi connectivity index (χ1) is 8.49. The molecule has 6 nitrogen and oxygen atoms in total. The molecule has 0 spiro atoms. The Bertz CT molecular complexity index is 459. The fraction of sp³-hybridized carbons (Fsp3) is 0.700. The normalized spacial score (nSPS) is 13.7. The number of aromatic nitrogens is 2. The first-order valence-corrected chi connectivity index (χ1v) is 8.49. The van der Waals surface area contributed by atoms with Crippen molar-refractivity contribution >= 4 is 21.8 Å². The van der Waals surface area contributed by atoms with Gasteiger partial charge in [0, 0.05) is 12.7 Å². The predicted octanol–water partition coefficient (Wildman–Crippen LogP) is 0.153. The van der Waals surface area contributed by atoms with Crippen LogP contribution in [0.15, 0.2) is 17.3 Å². The maximum absolute atomic E-state index is 11.9. The van der Waals surface area contributed by atoms with Crippen LogP contribution in [0.4, 0.5) is 0 Å². The largest absolute Gasteiger partial charge is 0.394 e. The predicted molar refractivity (Wildman–Crippen MR) is 72.0 cm³/mol. The van der Waals surface area contributed by atoms with E-state index in [-0.39, 0.29) is 17.4 Å². The second-order valence-electron chi connectivity index (χ2n) is 4.08. The van der Waals surface area contributed by atoms with Gasteiger partial charge >= 0.3 is 0 Å². The second-order valence-corrected chi connectivity index (χ2v) is 6.75. The Balaban J connectivity index is 2.62. The molecule has 0 bridgehead atoms. The van der Waals surface area contributed by atoms with Gasteiger partial charge in [0.1, 0.15) is 4.90 Å². The lowest BCUT2D eigenvalue weighted by Gasteiger charge is -2.10. The number of hydrogen-bond donors (Lipinski definition) is 2. The molecule has 18 heavy (non-hydrogen) atoms. The number of sulfonamides is 1. The number of nitrogens with zero attached hydrogens (tertiary/aromatic N) is 2. The van der Waals surface area contributed by atoms with Gasteiger partial charge in [-0.05, 0) is 17.9 Å². The molecule has 1 aromatic rings. The highest BCUT2D eigenvalue weighted by molar-refractivity contribution is 7.98. The van der Waals surface area contributed by atoms with E-state index in [9.17, 15) is 8.42 Å². The molecule has 0 saturated carbocycles. The third kappa shape index (κ3) is 4.60. The molecule has 1 unspecified atom stereocenters. The molecule has 1 atom stereocenters. The van der Waals surface area contributed by atoms with Crippen molar-refractivity contribution in [2.24, 2.45) is 5.92 Å². The molecule has 1 aromatic heterocycles. The molecule has 0 aromatic carbocycles. The quantitative estimate of drug-likeness (QED) is 0.713. The molecule has 0 aliphatic heterocycles. The van der Waals surface area contributed by atoms with Crippen molar-refractivity contribution in [1.82, 2.24) is 14.5 Å². The smallest absolute Gasteiger partial charge is 0.243 e. The summed E-state index contributed by atoms with van der Waals surface area (Å²) in [5.41, 5.74) is 0. The van der Waals surface area contributed by atoms with Crippen LogP contribution in [-0.2, 0) is 16.6 Å². The molecule has 1 rings (SSSR count). The molecule has 0 amide bonds. The monoisotopic (exact) mass is 293 g/mol. The zero-order valence-corrected chi connectivity index (χ0v) is 12.2. The molecule has 8 heteroatoms. The van der Waals surface area contributed by atoms with Crippen LogP contribution in [0.3, 0.4) is 0 Å². The minimum atomic E-state index is -3.50. The van der Waals surface area contributed by atoms with Crippen molar-refractivity contribution in [3.05, 3.63) is 12.4 Å². The lowest BCUT2D eigenvalue weighted by atomic mass is 10.2. The van der Waals surface area contributed by atoms with Crippen LogP contribution in [0, 0.1) is 5.92 Å². The lowest BCUT2D eigenvalue weighted by Crippen LogP contribution is -2.29. The van der Waals surface area contributed by atoms with Gasteiger partial charge in [-0.15, -0.1) is 0 Å². The average Bonchev–Trinajstić information content (AvgIpc) is 2.77. The zero-order valence-electron chi connectivity index (χ0n) is 10.5. The van der Waals surface area contributed by atoms with Crippen LogP contribution >= 0.6 is 11.8 Å². The van der Waals surface area contributed by atoms with Crippen LogP contribution in [0.1, 0.15) is 6.92 Å². The van der Waals surface area contributed by atoms with Gasteiger partial charge in [0.2, 0.25) is 10.0 Å². The van der Waals surface area contributed by atoms with Crippen molar-refractivity contribution in [1.29, 1.82) is 0 Å². The van der Waals surface area contributed by atoms with Crippen LogP contribution < -0.4 is 4.72 Å². The van der Waals surface area contributed by atoms with E-state index in [0.29, 0.717) is 13.1 Å².